The summed E-state index contributed by atoms with van der Waals surface area (Å²) in [6.45, 7) is 5.35. The van der Waals surface area contributed by atoms with E-state index in [9.17, 15) is 9.59 Å². The van der Waals surface area contributed by atoms with Gasteiger partial charge in [0.2, 0.25) is 0 Å². The maximum atomic E-state index is 11.3. The molecule has 0 aromatic carbocycles. The molecule has 1 amide bonds. The zero-order valence-corrected chi connectivity index (χ0v) is 9.10. The lowest BCUT2D eigenvalue weighted by Crippen LogP contribution is -2.45. The Morgan fingerprint density at radius 2 is 2.33 bits per heavy atom. The SMILES string of the molecule is CC(C)CN1CC(CC(=O)O)COC1=O. The highest BCUT2D eigenvalue weighted by Crippen LogP contribution is 2.15. The van der Waals surface area contributed by atoms with Crippen molar-refractivity contribution in [2.24, 2.45) is 11.8 Å². The molecule has 1 N–H and O–H groups in total. The predicted octanol–water partition coefficient (Wildman–Crippen LogP) is 1.19. The van der Waals surface area contributed by atoms with Gasteiger partial charge in [-0.15, -0.1) is 0 Å². The summed E-state index contributed by atoms with van der Waals surface area (Å²) in [5.41, 5.74) is 0. The molecule has 1 aliphatic rings. The molecule has 0 bridgehead atoms. The van der Waals surface area contributed by atoms with E-state index in [0.29, 0.717) is 19.0 Å². The maximum Gasteiger partial charge on any atom is 0.409 e. The molecule has 1 aliphatic heterocycles. The van der Waals surface area contributed by atoms with E-state index >= 15 is 0 Å². The minimum atomic E-state index is -0.845. The Morgan fingerprint density at radius 1 is 1.67 bits per heavy atom. The number of nitrogens with zero attached hydrogens (tertiary/aromatic N) is 1. The van der Waals surface area contributed by atoms with Gasteiger partial charge in [0, 0.05) is 19.0 Å². The van der Waals surface area contributed by atoms with Crippen LogP contribution in [0.4, 0.5) is 4.79 Å². The monoisotopic (exact) mass is 215 g/mol. The number of ether oxygens (including phenoxy) is 1. The third-order valence-corrected chi connectivity index (χ3v) is 2.23. The van der Waals surface area contributed by atoms with E-state index in [2.05, 4.69) is 0 Å². The Kier molecular flexibility index (Phi) is 3.94. The van der Waals surface area contributed by atoms with Crippen LogP contribution in [0, 0.1) is 11.8 Å². The summed E-state index contributed by atoms with van der Waals surface area (Å²) in [5, 5.41) is 8.64. The van der Waals surface area contributed by atoms with Crippen molar-refractivity contribution in [1.82, 2.24) is 4.90 Å². The van der Waals surface area contributed by atoms with Crippen molar-refractivity contribution >= 4 is 12.1 Å². The van der Waals surface area contributed by atoms with Gasteiger partial charge in [0.15, 0.2) is 0 Å². The molecule has 0 spiro atoms. The number of carboxylic acid groups (broad SMARTS) is 1. The fourth-order valence-corrected chi connectivity index (χ4v) is 1.68. The molecular formula is C10H17NO4. The average molecular weight is 215 g/mol. The van der Waals surface area contributed by atoms with Crippen molar-refractivity contribution in [2.45, 2.75) is 20.3 Å². The molecule has 86 valence electrons. The van der Waals surface area contributed by atoms with Crippen molar-refractivity contribution in [2.75, 3.05) is 19.7 Å². The van der Waals surface area contributed by atoms with Crippen LogP contribution >= 0.6 is 0 Å². The zero-order valence-electron chi connectivity index (χ0n) is 9.10. The summed E-state index contributed by atoms with van der Waals surface area (Å²) in [4.78, 5) is 23.4. The van der Waals surface area contributed by atoms with Crippen molar-refractivity contribution in [3.05, 3.63) is 0 Å². The second-order valence-corrected chi connectivity index (χ2v) is 4.34. The molecule has 1 saturated heterocycles. The smallest absolute Gasteiger partial charge is 0.409 e. The second-order valence-electron chi connectivity index (χ2n) is 4.34. The molecule has 1 atom stereocenters. The highest BCUT2D eigenvalue weighted by molar-refractivity contribution is 5.70. The summed E-state index contributed by atoms with van der Waals surface area (Å²) in [7, 11) is 0. The number of carboxylic acids is 1. The number of hydrogen-bond acceptors (Lipinski definition) is 3. The zero-order chi connectivity index (χ0) is 11.4. The topological polar surface area (TPSA) is 66.8 Å². The van der Waals surface area contributed by atoms with Gasteiger partial charge in [0.1, 0.15) is 0 Å². The molecular weight excluding hydrogens is 198 g/mol. The van der Waals surface area contributed by atoms with Gasteiger partial charge >= 0.3 is 12.1 Å². The largest absolute Gasteiger partial charge is 0.481 e. The summed E-state index contributed by atoms with van der Waals surface area (Å²) in [6.07, 6.45) is -0.271. The molecule has 0 aromatic heterocycles. The van der Waals surface area contributed by atoms with Crippen LogP contribution in [0.15, 0.2) is 0 Å². The van der Waals surface area contributed by atoms with Gasteiger partial charge < -0.3 is 14.7 Å². The number of cyclic esters (lactones) is 1. The number of hydrogen-bond donors (Lipinski definition) is 1. The molecule has 1 unspecified atom stereocenters. The van der Waals surface area contributed by atoms with Gasteiger partial charge in [0.25, 0.3) is 0 Å². The quantitative estimate of drug-likeness (QED) is 0.764. The van der Waals surface area contributed by atoms with E-state index in [4.69, 9.17) is 9.84 Å². The Morgan fingerprint density at radius 3 is 2.87 bits per heavy atom. The van der Waals surface area contributed by atoms with Crippen LogP contribution in [0.3, 0.4) is 0 Å². The average Bonchev–Trinajstić information content (AvgIpc) is 2.09. The van der Waals surface area contributed by atoms with E-state index in [0.717, 1.165) is 0 Å². The standard InChI is InChI=1S/C10H17NO4/c1-7(2)4-11-5-8(3-9(12)13)6-15-10(11)14/h7-8H,3-6H2,1-2H3,(H,12,13). The van der Waals surface area contributed by atoms with Crippen LogP contribution < -0.4 is 0 Å². The lowest BCUT2D eigenvalue weighted by atomic mass is 10.0. The van der Waals surface area contributed by atoms with Crippen LogP contribution in [0.2, 0.25) is 0 Å². The van der Waals surface area contributed by atoms with Crippen LogP contribution in [0.25, 0.3) is 0 Å². The summed E-state index contributed by atoms with van der Waals surface area (Å²) < 4.78 is 4.93. The molecule has 0 aromatic rings. The van der Waals surface area contributed by atoms with E-state index in [1.807, 2.05) is 13.8 Å². The van der Waals surface area contributed by atoms with Crippen LogP contribution in [-0.2, 0) is 9.53 Å². The number of rotatable bonds is 4. The lowest BCUT2D eigenvalue weighted by molar-refractivity contribution is -0.139. The summed E-state index contributed by atoms with van der Waals surface area (Å²) in [5.74, 6) is -0.567. The van der Waals surface area contributed by atoms with Gasteiger partial charge in [-0.3, -0.25) is 4.79 Å². The second kappa shape index (κ2) is 5.00. The molecule has 5 nitrogen and oxygen atoms in total. The number of amides is 1. The number of carbonyl (C=O) groups is 2. The molecule has 1 rings (SSSR count). The van der Waals surface area contributed by atoms with Gasteiger partial charge in [-0.25, -0.2) is 4.79 Å². The van der Waals surface area contributed by atoms with E-state index < -0.39 is 5.97 Å². The van der Waals surface area contributed by atoms with Gasteiger partial charge in [-0.2, -0.15) is 0 Å². The summed E-state index contributed by atoms with van der Waals surface area (Å²) in [6, 6.07) is 0. The molecule has 0 aliphatic carbocycles. The molecule has 15 heavy (non-hydrogen) atoms. The maximum absolute atomic E-state index is 11.3. The first-order valence-corrected chi connectivity index (χ1v) is 5.12. The first-order valence-electron chi connectivity index (χ1n) is 5.12. The van der Waals surface area contributed by atoms with E-state index in [1.165, 1.54) is 0 Å². The molecule has 5 heteroatoms. The minimum Gasteiger partial charge on any atom is -0.481 e. The summed E-state index contributed by atoms with van der Waals surface area (Å²) >= 11 is 0. The Balaban J connectivity index is 2.48. The molecule has 0 saturated carbocycles. The molecule has 1 heterocycles. The third-order valence-electron chi connectivity index (χ3n) is 2.23. The highest BCUT2D eigenvalue weighted by atomic mass is 16.6. The number of aliphatic carboxylic acids is 1. The fourth-order valence-electron chi connectivity index (χ4n) is 1.68. The van der Waals surface area contributed by atoms with Crippen molar-refractivity contribution in [1.29, 1.82) is 0 Å². The van der Waals surface area contributed by atoms with Gasteiger partial charge in [-0.1, -0.05) is 13.8 Å². The van der Waals surface area contributed by atoms with Crippen LogP contribution in [0.5, 0.6) is 0 Å². The first-order chi connectivity index (χ1) is 6.99. The van der Waals surface area contributed by atoms with E-state index in [-0.39, 0.29) is 25.0 Å². The minimum absolute atomic E-state index is 0.0574. The van der Waals surface area contributed by atoms with Gasteiger partial charge in [0.05, 0.1) is 13.0 Å². The Hall–Kier alpha value is -1.26. The van der Waals surface area contributed by atoms with Crippen LogP contribution in [0.1, 0.15) is 20.3 Å². The van der Waals surface area contributed by atoms with Crippen molar-refractivity contribution in [3.63, 3.8) is 0 Å². The normalized spacial score (nSPS) is 21.7. The third kappa shape index (κ3) is 3.77. The molecule has 1 fully saturated rings. The Labute approximate surface area is 89.0 Å². The van der Waals surface area contributed by atoms with Crippen molar-refractivity contribution in [3.8, 4) is 0 Å². The first kappa shape index (κ1) is 11.8. The van der Waals surface area contributed by atoms with Gasteiger partial charge in [-0.05, 0) is 5.92 Å². The number of carbonyl (C=O) groups excluding carboxylic acids is 1. The highest BCUT2D eigenvalue weighted by Gasteiger charge is 2.28. The fraction of sp³-hybridized carbons (Fsp3) is 0.800. The van der Waals surface area contributed by atoms with E-state index in [1.54, 1.807) is 4.90 Å². The van der Waals surface area contributed by atoms with Crippen LogP contribution in [-0.4, -0.2) is 41.8 Å². The van der Waals surface area contributed by atoms with Crippen molar-refractivity contribution < 1.29 is 19.4 Å². The Bertz CT molecular complexity index is 252. The molecule has 0 radical (unpaired) electrons. The predicted molar refractivity (Wildman–Crippen MR) is 53.5 cm³/mol. The lowest BCUT2D eigenvalue weighted by Gasteiger charge is -2.32.